The Hall–Kier alpha value is -1.10. The van der Waals surface area contributed by atoms with Gasteiger partial charge < -0.3 is 15.4 Å². The Morgan fingerprint density at radius 2 is 1.29 bits per heavy atom. The predicted molar refractivity (Wildman–Crippen MR) is 64.4 cm³/mol. The molecule has 2 amide bonds. The molecule has 2 N–H and O–H groups in total. The molecule has 0 unspecified atom stereocenters. The standard InChI is InChI=1S/C12H22N2O3/c1-7(2)11(15)13-9-5-17-6-10(9)14-12(16)8(3)4/h7-10H,5-6H2,1-4H3,(H,13,15)(H,14,16)/t9-,10+. The molecule has 0 spiro atoms. The van der Waals surface area contributed by atoms with Gasteiger partial charge >= 0.3 is 0 Å². The normalized spacial score (nSPS) is 24.1. The van der Waals surface area contributed by atoms with E-state index >= 15 is 0 Å². The predicted octanol–water partition coefficient (Wildman–Crippen LogP) is 0.298. The lowest BCUT2D eigenvalue weighted by molar-refractivity contribution is -0.127. The molecule has 2 atom stereocenters. The average molecular weight is 242 g/mol. The molecule has 1 aliphatic rings. The lowest BCUT2D eigenvalue weighted by Gasteiger charge is -2.22. The van der Waals surface area contributed by atoms with E-state index in [1.807, 2.05) is 27.7 Å². The van der Waals surface area contributed by atoms with Gasteiger partial charge in [-0.15, -0.1) is 0 Å². The molecule has 1 saturated heterocycles. The number of rotatable bonds is 4. The number of hydrogen-bond donors (Lipinski definition) is 2. The summed E-state index contributed by atoms with van der Waals surface area (Å²) >= 11 is 0. The summed E-state index contributed by atoms with van der Waals surface area (Å²) in [6.45, 7) is 8.28. The van der Waals surface area contributed by atoms with Crippen molar-refractivity contribution in [1.29, 1.82) is 0 Å². The van der Waals surface area contributed by atoms with E-state index in [4.69, 9.17) is 4.74 Å². The van der Waals surface area contributed by atoms with Gasteiger partial charge in [0.05, 0.1) is 25.3 Å². The highest BCUT2D eigenvalue weighted by Gasteiger charge is 2.31. The minimum atomic E-state index is -0.118. The maximum atomic E-state index is 11.6. The van der Waals surface area contributed by atoms with Gasteiger partial charge in [0.25, 0.3) is 0 Å². The van der Waals surface area contributed by atoms with Gasteiger partial charge in [0, 0.05) is 11.8 Å². The maximum absolute atomic E-state index is 11.6. The molecular weight excluding hydrogens is 220 g/mol. The smallest absolute Gasteiger partial charge is 0.222 e. The van der Waals surface area contributed by atoms with Crippen LogP contribution in [0.2, 0.25) is 0 Å². The second-order valence-electron chi connectivity index (χ2n) is 5.08. The second-order valence-corrected chi connectivity index (χ2v) is 5.08. The zero-order valence-corrected chi connectivity index (χ0v) is 10.9. The average Bonchev–Trinajstić information content (AvgIpc) is 2.65. The maximum Gasteiger partial charge on any atom is 0.222 e. The number of ether oxygens (including phenoxy) is 1. The van der Waals surface area contributed by atoms with E-state index < -0.39 is 0 Å². The molecule has 0 bridgehead atoms. The van der Waals surface area contributed by atoms with Crippen LogP contribution in [0.1, 0.15) is 27.7 Å². The van der Waals surface area contributed by atoms with E-state index in [-0.39, 0.29) is 35.7 Å². The third kappa shape index (κ3) is 4.00. The Morgan fingerprint density at radius 1 is 0.941 bits per heavy atom. The van der Waals surface area contributed by atoms with Crippen LogP contribution in [0, 0.1) is 11.8 Å². The summed E-state index contributed by atoms with van der Waals surface area (Å²) in [6.07, 6.45) is 0. The van der Waals surface area contributed by atoms with Crippen LogP contribution in [-0.4, -0.2) is 37.1 Å². The van der Waals surface area contributed by atoms with Crippen molar-refractivity contribution < 1.29 is 14.3 Å². The van der Waals surface area contributed by atoms with Gasteiger partial charge in [-0.2, -0.15) is 0 Å². The van der Waals surface area contributed by atoms with E-state index in [1.54, 1.807) is 0 Å². The topological polar surface area (TPSA) is 67.4 Å². The van der Waals surface area contributed by atoms with Crippen molar-refractivity contribution in [3.05, 3.63) is 0 Å². The van der Waals surface area contributed by atoms with Crippen LogP contribution in [-0.2, 0) is 14.3 Å². The van der Waals surface area contributed by atoms with Crippen LogP contribution in [0.15, 0.2) is 0 Å². The molecule has 0 aromatic rings. The number of carbonyl (C=O) groups excluding carboxylic acids is 2. The zero-order valence-electron chi connectivity index (χ0n) is 10.9. The second kappa shape index (κ2) is 6.00. The van der Waals surface area contributed by atoms with E-state index in [2.05, 4.69) is 10.6 Å². The SMILES string of the molecule is CC(C)C(=O)N[C@H]1COC[C@H]1NC(=O)C(C)C. The summed E-state index contributed by atoms with van der Waals surface area (Å²) < 4.78 is 5.30. The molecule has 1 fully saturated rings. The Morgan fingerprint density at radius 3 is 1.59 bits per heavy atom. The summed E-state index contributed by atoms with van der Waals surface area (Å²) in [7, 11) is 0. The molecule has 0 radical (unpaired) electrons. The molecule has 5 nitrogen and oxygen atoms in total. The molecule has 5 heteroatoms. The van der Waals surface area contributed by atoms with Crippen LogP contribution in [0.4, 0.5) is 0 Å². The molecular formula is C12H22N2O3. The van der Waals surface area contributed by atoms with Crippen LogP contribution in [0.5, 0.6) is 0 Å². The summed E-state index contributed by atoms with van der Waals surface area (Å²) in [5.74, 6) is -0.136. The lowest BCUT2D eigenvalue weighted by atomic mass is 10.1. The Kier molecular flexibility index (Phi) is 4.93. The molecule has 1 aliphatic heterocycles. The monoisotopic (exact) mass is 242 g/mol. The Bertz CT molecular complexity index is 261. The van der Waals surface area contributed by atoms with Crippen LogP contribution in [0.25, 0.3) is 0 Å². The van der Waals surface area contributed by atoms with Gasteiger partial charge in [-0.25, -0.2) is 0 Å². The van der Waals surface area contributed by atoms with E-state index in [0.717, 1.165) is 0 Å². The highest BCUT2D eigenvalue weighted by atomic mass is 16.5. The van der Waals surface area contributed by atoms with Gasteiger partial charge in [-0.3, -0.25) is 9.59 Å². The highest BCUT2D eigenvalue weighted by molar-refractivity contribution is 5.79. The molecule has 0 aromatic heterocycles. The minimum Gasteiger partial charge on any atom is -0.377 e. The molecule has 98 valence electrons. The molecule has 0 aromatic carbocycles. The van der Waals surface area contributed by atoms with Gasteiger partial charge in [0.15, 0.2) is 0 Å². The zero-order chi connectivity index (χ0) is 13.0. The fourth-order valence-corrected chi connectivity index (χ4v) is 1.54. The summed E-state index contributed by atoms with van der Waals surface area (Å²) in [5.41, 5.74) is 0. The summed E-state index contributed by atoms with van der Waals surface area (Å²) in [5, 5.41) is 5.79. The molecule has 1 heterocycles. The number of amides is 2. The van der Waals surface area contributed by atoms with Crippen molar-refractivity contribution in [2.24, 2.45) is 11.8 Å². The van der Waals surface area contributed by atoms with Crippen molar-refractivity contribution in [2.45, 2.75) is 39.8 Å². The Balaban J connectivity index is 2.49. The summed E-state index contributed by atoms with van der Waals surface area (Å²) in [6, 6.07) is -0.236. The fourth-order valence-electron chi connectivity index (χ4n) is 1.54. The minimum absolute atomic E-state index is 0.00991. The largest absolute Gasteiger partial charge is 0.377 e. The van der Waals surface area contributed by atoms with Crippen LogP contribution < -0.4 is 10.6 Å². The first-order valence-corrected chi connectivity index (χ1v) is 6.10. The van der Waals surface area contributed by atoms with Crippen LogP contribution in [0.3, 0.4) is 0 Å². The quantitative estimate of drug-likeness (QED) is 0.745. The number of nitrogens with one attached hydrogen (secondary N) is 2. The van der Waals surface area contributed by atoms with E-state index in [0.29, 0.717) is 13.2 Å². The first-order chi connectivity index (χ1) is 7.91. The molecule has 17 heavy (non-hydrogen) atoms. The van der Waals surface area contributed by atoms with Crippen molar-refractivity contribution in [1.82, 2.24) is 10.6 Å². The van der Waals surface area contributed by atoms with Crippen molar-refractivity contribution in [2.75, 3.05) is 13.2 Å². The fraction of sp³-hybridized carbons (Fsp3) is 0.833. The summed E-state index contributed by atoms with van der Waals surface area (Å²) in [4.78, 5) is 23.2. The van der Waals surface area contributed by atoms with E-state index in [9.17, 15) is 9.59 Å². The van der Waals surface area contributed by atoms with Crippen molar-refractivity contribution in [3.8, 4) is 0 Å². The Labute approximate surface area is 102 Å². The van der Waals surface area contributed by atoms with Gasteiger partial charge in [0.1, 0.15) is 0 Å². The van der Waals surface area contributed by atoms with E-state index in [1.165, 1.54) is 0 Å². The molecule has 0 aliphatic carbocycles. The number of hydrogen-bond acceptors (Lipinski definition) is 3. The third-order valence-corrected chi connectivity index (χ3v) is 2.78. The number of carbonyl (C=O) groups is 2. The molecule has 1 rings (SSSR count). The van der Waals surface area contributed by atoms with Gasteiger partial charge in [-0.05, 0) is 0 Å². The first-order valence-electron chi connectivity index (χ1n) is 6.10. The lowest BCUT2D eigenvalue weighted by Crippen LogP contribution is -2.52. The van der Waals surface area contributed by atoms with Crippen molar-refractivity contribution in [3.63, 3.8) is 0 Å². The van der Waals surface area contributed by atoms with Crippen LogP contribution >= 0.6 is 0 Å². The first kappa shape index (κ1) is 14.0. The third-order valence-electron chi connectivity index (χ3n) is 2.78. The molecule has 0 saturated carbocycles. The van der Waals surface area contributed by atoms with Gasteiger partial charge in [0.2, 0.25) is 11.8 Å². The highest BCUT2D eigenvalue weighted by Crippen LogP contribution is 2.08. The van der Waals surface area contributed by atoms with Gasteiger partial charge in [-0.1, -0.05) is 27.7 Å². The van der Waals surface area contributed by atoms with Crippen molar-refractivity contribution >= 4 is 11.8 Å².